The highest BCUT2D eigenvalue weighted by atomic mass is 16.6. The molecule has 7 heteroatoms. The van der Waals surface area contributed by atoms with Gasteiger partial charge in [-0.3, -0.25) is 10.1 Å². The number of aromatic carboxylic acids is 1. The molecular formula is C12H15N3O4. The van der Waals surface area contributed by atoms with E-state index in [0.717, 1.165) is 31.0 Å². The molecule has 0 bridgehead atoms. The normalized spacial score (nSPS) is 14.1. The summed E-state index contributed by atoms with van der Waals surface area (Å²) >= 11 is 0. The second-order valence-electron chi connectivity index (χ2n) is 4.67. The van der Waals surface area contributed by atoms with Crippen LogP contribution in [0.2, 0.25) is 0 Å². The standard InChI is InChI=1S/C12H15N3O4/c16-12(17)9-6-10(15(18)19)11(14-7-9)13-5-1-2-8-3-4-8/h6-8H,1-5H2,(H,13,14)(H,16,17). The lowest BCUT2D eigenvalue weighted by Gasteiger charge is -2.06. The number of nitrogens with one attached hydrogen (secondary N) is 1. The second-order valence-corrected chi connectivity index (χ2v) is 4.67. The molecule has 0 atom stereocenters. The minimum absolute atomic E-state index is 0.130. The fourth-order valence-electron chi connectivity index (χ4n) is 1.85. The smallest absolute Gasteiger partial charge is 0.337 e. The number of hydrogen-bond donors (Lipinski definition) is 2. The molecule has 0 aromatic carbocycles. The molecule has 0 amide bonds. The van der Waals surface area contributed by atoms with Gasteiger partial charge in [-0.15, -0.1) is 0 Å². The van der Waals surface area contributed by atoms with E-state index in [4.69, 9.17) is 5.11 Å². The van der Waals surface area contributed by atoms with Crippen LogP contribution in [-0.2, 0) is 0 Å². The van der Waals surface area contributed by atoms with Gasteiger partial charge in [0.2, 0.25) is 5.82 Å². The predicted octanol–water partition coefficient (Wildman–Crippen LogP) is 2.29. The molecular weight excluding hydrogens is 250 g/mol. The zero-order chi connectivity index (χ0) is 13.8. The quantitative estimate of drug-likeness (QED) is 0.445. The largest absolute Gasteiger partial charge is 0.478 e. The molecule has 0 aliphatic heterocycles. The summed E-state index contributed by atoms with van der Waals surface area (Å²) in [6.07, 6.45) is 5.74. The van der Waals surface area contributed by atoms with Crippen molar-refractivity contribution in [3.05, 3.63) is 27.9 Å². The van der Waals surface area contributed by atoms with Gasteiger partial charge in [-0.05, 0) is 18.8 Å². The van der Waals surface area contributed by atoms with E-state index in [1.807, 2.05) is 0 Å². The van der Waals surface area contributed by atoms with Gasteiger partial charge in [0, 0.05) is 18.8 Å². The van der Waals surface area contributed by atoms with Crippen molar-refractivity contribution in [2.24, 2.45) is 5.92 Å². The Morgan fingerprint density at radius 2 is 2.32 bits per heavy atom. The third-order valence-corrected chi connectivity index (χ3v) is 3.09. The summed E-state index contributed by atoms with van der Waals surface area (Å²) in [6, 6.07) is 1.03. The lowest BCUT2D eigenvalue weighted by atomic mass is 10.2. The Kier molecular flexibility index (Phi) is 3.94. The molecule has 102 valence electrons. The number of nitro groups is 1. The first-order valence-electron chi connectivity index (χ1n) is 6.19. The van der Waals surface area contributed by atoms with Crippen LogP contribution in [0.5, 0.6) is 0 Å². The van der Waals surface area contributed by atoms with Gasteiger partial charge >= 0.3 is 11.7 Å². The van der Waals surface area contributed by atoms with E-state index in [1.54, 1.807) is 0 Å². The summed E-state index contributed by atoms with van der Waals surface area (Å²) in [5.41, 5.74) is -0.485. The van der Waals surface area contributed by atoms with E-state index in [1.165, 1.54) is 12.8 Å². The molecule has 1 aromatic heterocycles. The van der Waals surface area contributed by atoms with Crippen molar-refractivity contribution in [1.82, 2.24) is 4.98 Å². The third-order valence-electron chi connectivity index (χ3n) is 3.09. The minimum atomic E-state index is -1.23. The molecule has 0 unspecified atom stereocenters. The summed E-state index contributed by atoms with van der Waals surface area (Å²) in [6.45, 7) is 0.608. The summed E-state index contributed by atoms with van der Waals surface area (Å²) in [7, 11) is 0. The van der Waals surface area contributed by atoms with Crippen LogP contribution in [0.4, 0.5) is 11.5 Å². The van der Waals surface area contributed by atoms with Crippen LogP contribution in [0.25, 0.3) is 0 Å². The molecule has 1 aromatic rings. The Bertz CT molecular complexity index is 500. The van der Waals surface area contributed by atoms with Crippen molar-refractivity contribution in [3.63, 3.8) is 0 Å². The van der Waals surface area contributed by atoms with Crippen molar-refractivity contribution in [2.75, 3.05) is 11.9 Å². The van der Waals surface area contributed by atoms with Gasteiger partial charge in [0.15, 0.2) is 0 Å². The van der Waals surface area contributed by atoms with E-state index in [0.29, 0.717) is 6.54 Å². The summed E-state index contributed by atoms with van der Waals surface area (Å²) < 4.78 is 0. The van der Waals surface area contributed by atoms with Gasteiger partial charge in [0.25, 0.3) is 0 Å². The van der Waals surface area contributed by atoms with E-state index in [2.05, 4.69) is 10.3 Å². The first-order valence-corrected chi connectivity index (χ1v) is 6.19. The molecule has 0 saturated heterocycles. The van der Waals surface area contributed by atoms with Crippen LogP contribution in [0.3, 0.4) is 0 Å². The Morgan fingerprint density at radius 1 is 1.58 bits per heavy atom. The van der Waals surface area contributed by atoms with Gasteiger partial charge < -0.3 is 10.4 Å². The molecule has 1 aliphatic carbocycles. The molecule has 1 fully saturated rings. The zero-order valence-electron chi connectivity index (χ0n) is 10.3. The fourth-order valence-corrected chi connectivity index (χ4v) is 1.85. The van der Waals surface area contributed by atoms with Gasteiger partial charge in [-0.2, -0.15) is 0 Å². The van der Waals surface area contributed by atoms with Crippen molar-refractivity contribution in [2.45, 2.75) is 25.7 Å². The van der Waals surface area contributed by atoms with E-state index in [-0.39, 0.29) is 17.1 Å². The molecule has 7 nitrogen and oxygen atoms in total. The SMILES string of the molecule is O=C(O)c1cnc(NCCCC2CC2)c([N+](=O)[O-])c1. The zero-order valence-corrected chi connectivity index (χ0v) is 10.3. The van der Waals surface area contributed by atoms with Crippen molar-refractivity contribution < 1.29 is 14.8 Å². The van der Waals surface area contributed by atoms with Gasteiger partial charge in [-0.1, -0.05) is 12.8 Å². The maximum absolute atomic E-state index is 10.9. The predicted molar refractivity (Wildman–Crippen MR) is 68.3 cm³/mol. The number of carboxylic acid groups (broad SMARTS) is 1. The minimum Gasteiger partial charge on any atom is -0.478 e. The number of aromatic nitrogens is 1. The van der Waals surface area contributed by atoms with Gasteiger partial charge in [0.05, 0.1) is 10.5 Å². The Balaban J connectivity index is 2.00. The van der Waals surface area contributed by atoms with E-state index in [9.17, 15) is 14.9 Å². The van der Waals surface area contributed by atoms with Crippen LogP contribution < -0.4 is 5.32 Å². The first-order chi connectivity index (χ1) is 9.08. The molecule has 0 spiro atoms. The second kappa shape index (κ2) is 5.64. The first kappa shape index (κ1) is 13.3. The lowest BCUT2D eigenvalue weighted by molar-refractivity contribution is -0.384. The van der Waals surface area contributed by atoms with Gasteiger partial charge in [0.1, 0.15) is 0 Å². The number of anilines is 1. The topological polar surface area (TPSA) is 105 Å². The molecule has 2 N–H and O–H groups in total. The molecule has 19 heavy (non-hydrogen) atoms. The van der Waals surface area contributed by atoms with Crippen LogP contribution in [0.1, 0.15) is 36.0 Å². The van der Waals surface area contributed by atoms with Crippen LogP contribution in [-0.4, -0.2) is 27.5 Å². The number of carbonyl (C=O) groups is 1. The van der Waals surface area contributed by atoms with Crippen molar-refractivity contribution in [3.8, 4) is 0 Å². The summed E-state index contributed by atoms with van der Waals surface area (Å²) in [4.78, 5) is 24.8. The average Bonchev–Trinajstić information content (AvgIpc) is 3.18. The Labute approximate surface area is 109 Å². The highest BCUT2D eigenvalue weighted by Gasteiger charge is 2.21. The van der Waals surface area contributed by atoms with E-state index < -0.39 is 10.9 Å². The van der Waals surface area contributed by atoms with Crippen molar-refractivity contribution in [1.29, 1.82) is 0 Å². The monoisotopic (exact) mass is 265 g/mol. The van der Waals surface area contributed by atoms with E-state index >= 15 is 0 Å². The highest BCUT2D eigenvalue weighted by Crippen LogP contribution is 2.33. The highest BCUT2D eigenvalue weighted by molar-refractivity contribution is 5.88. The number of rotatable bonds is 7. The maximum Gasteiger partial charge on any atom is 0.337 e. The number of nitrogens with zero attached hydrogens (tertiary/aromatic N) is 2. The molecule has 1 aliphatic rings. The number of carboxylic acids is 1. The Hall–Kier alpha value is -2.18. The fraction of sp³-hybridized carbons (Fsp3) is 0.500. The molecule has 2 rings (SSSR count). The van der Waals surface area contributed by atoms with Gasteiger partial charge in [-0.25, -0.2) is 9.78 Å². The average molecular weight is 265 g/mol. The van der Waals surface area contributed by atoms with Crippen LogP contribution in [0, 0.1) is 16.0 Å². The molecule has 0 radical (unpaired) electrons. The van der Waals surface area contributed by atoms with Crippen LogP contribution in [0.15, 0.2) is 12.3 Å². The summed E-state index contributed by atoms with van der Waals surface area (Å²) in [5.74, 6) is -0.277. The van der Waals surface area contributed by atoms with Crippen molar-refractivity contribution >= 4 is 17.5 Å². The lowest BCUT2D eigenvalue weighted by Crippen LogP contribution is -2.08. The Morgan fingerprint density at radius 3 is 2.89 bits per heavy atom. The number of pyridine rings is 1. The number of hydrogen-bond acceptors (Lipinski definition) is 5. The molecule has 1 saturated carbocycles. The third kappa shape index (κ3) is 3.64. The summed E-state index contributed by atoms with van der Waals surface area (Å²) in [5, 5.41) is 22.6. The molecule has 1 heterocycles. The maximum atomic E-state index is 10.9. The van der Waals surface area contributed by atoms with Crippen LogP contribution >= 0.6 is 0 Å².